The quantitative estimate of drug-likeness (QED) is 0.796. The summed E-state index contributed by atoms with van der Waals surface area (Å²) >= 11 is 6.23. The van der Waals surface area contributed by atoms with E-state index in [1.165, 1.54) is 43.4 Å². The second kappa shape index (κ2) is 8.13. The van der Waals surface area contributed by atoms with Gasteiger partial charge in [0.2, 0.25) is 0 Å². The van der Waals surface area contributed by atoms with E-state index >= 15 is 0 Å². The van der Waals surface area contributed by atoms with Crippen LogP contribution in [0.3, 0.4) is 0 Å². The normalized spacial score (nSPS) is 25.8. The second-order valence-corrected chi connectivity index (χ2v) is 8.99. The van der Waals surface area contributed by atoms with E-state index in [1.54, 1.807) is 0 Å². The molecule has 0 amide bonds. The van der Waals surface area contributed by atoms with Crippen LogP contribution in [0.1, 0.15) is 80.9 Å². The summed E-state index contributed by atoms with van der Waals surface area (Å²) in [6, 6.07) is 6.13. The maximum Gasteiger partial charge on any atom is 0.151 e. The van der Waals surface area contributed by atoms with Gasteiger partial charge in [-0.3, -0.25) is 4.57 Å². The van der Waals surface area contributed by atoms with Gasteiger partial charge in [0.15, 0.2) is 5.82 Å². The van der Waals surface area contributed by atoms with E-state index in [2.05, 4.69) is 32.2 Å². The lowest BCUT2D eigenvalue weighted by molar-refractivity contribution is -0.0474. The van der Waals surface area contributed by atoms with E-state index in [4.69, 9.17) is 16.3 Å². The Balaban J connectivity index is 1.32. The molecule has 1 aliphatic heterocycles. The zero-order valence-corrected chi connectivity index (χ0v) is 17.1. The number of nitrogens with one attached hydrogen (secondary N) is 1. The summed E-state index contributed by atoms with van der Waals surface area (Å²) in [4.78, 5) is 0. The molecule has 2 aromatic rings. The fourth-order valence-electron chi connectivity index (χ4n) is 5.12. The van der Waals surface area contributed by atoms with Crippen molar-refractivity contribution in [2.45, 2.75) is 89.0 Å². The van der Waals surface area contributed by atoms with Crippen LogP contribution >= 0.6 is 11.6 Å². The maximum atomic E-state index is 6.43. The summed E-state index contributed by atoms with van der Waals surface area (Å²) in [6.07, 6.45) is 12.0. The molecule has 0 radical (unpaired) electrons. The smallest absolute Gasteiger partial charge is 0.151 e. The molecule has 150 valence electrons. The van der Waals surface area contributed by atoms with Crippen molar-refractivity contribution in [2.75, 3.05) is 0 Å². The van der Waals surface area contributed by atoms with Gasteiger partial charge in [0.05, 0.1) is 24.4 Å². The Labute approximate surface area is 171 Å². The van der Waals surface area contributed by atoms with Gasteiger partial charge in [-0.05, 0) is 62.3 Å². The fraction of sp³-hybridized carbons (Fsp3) is 0.636. The van der Waals surface area contributed by atoms with Crippen LogP contribution < -0.4 is 5.32 Å². The highest BCUT2D eigenvalue weighted by atomic mass is 35.5. The molecule has 2 fully saturated rings. The summed E-state index contributed by atoms with van der Waals surface area (Å²) in [6.45, 7) is 1.54. The molecule has 0 bridgehead atoms. The average Bonchev–Trinajstić information content (AvgIpc) is 3.05. The molecule has 2 heterocycles. The van der Waals surface area contributed by atoms with E-state index < -0.39 is 0 Å². The van der Waals surface area contributed by atoms with Crippen molar-refractivity contribution >= 4 is 11.6 Å². The molecular weight excluding hydrogens is 372 g/mol. The Bertz CT molecular complexity index is 822. The molecule has 2 saturated carbocycles. The third kappa shape index (κ3) is 3.72. The minimum absolute atomic E-state index is 0.429. The standard InChI is InChI=1S/C22H29ClN4O/c23-17-8-11-20-16(12-17)13-24-14-21-25-26-22(27(20)21)15-6-9-19(10-7-15)28-18-4-2-1-3-5-18/h8,11-12,15,18-19,24H,1-7,9-10,13-14H2. The van der Waals surface area contributed by atoms with Gasteiger partial charge in [-0.25, -0.2) is 0 Å². The SMILES string of the molecule is Clc1ccc2c(c1)CNCc1nnc(C3CCC(OC4CCCCC4)CC3)n1-2. The van der Waals surface area contributed by atoms with Crippen LogP contribution in [0.25, 0.3) is 5.69 Å². The predicted octanol–water partition coefficient (Wildman–Crippen LogP) is 4.90. The number of ether oxygens (including phenoxy) is 1. The molecule has 5 rings (SSSR count). The number of fused-ring (bicyclic) bond motifs is 3. The molecule has 2 aliphatic carbocycles. The fourth-order valence-corrected chi connectivity index (χ4v) is 5.32. The lowest BCUT2D eigenvalue weighted by Gasteiger charge is -2.32. The van der Waals surface area contributed by atoms with Gasteiger partial charge in [0, 0.05) is 17.5 Å². The van der Waals surface area contributed by atoms with Crippen molar-refractivity contribution in [1.29, 1.82) is 0 Å². The van der Waals surface area contributed by atoms with E-state index in [1.807, 2.05) is 6.07 Å². The Morgan fingerprint density at radius 3 is 2.54 bits per heavy atom. The number of halogens is 1. The molecule has 0 unspecified atom stereocenters. The number of benzene rings is 1. The van der Waals surface area contributed by atoms with Crippen molar-refractivity contribution in [3.05, 3.63) is 40.4 Å². The van der Waals surface area contributed by atoms with Gasteiger partial charge in [0.25, 0.3) is 0 Å². The molecule has 0 spiro atoms. The van der Waals surface area contributed by atoms with Gasteiger partial charge >= 0.3 is 0 Å². The van der Waals surface area contributed by atoms with Gasteiger partial charge in [-0.1, -0.05) is 30.9 Å². The van der Waals surface area contributed by atoms with Crippen molar-refractivity contribution in [3.63, 3.8) is 0 Å². The highest BCUT2D eigenvalue weighted by molar-refractivity contribution is 6.30. The second-order valence-electron chi connectivity index (χ2n) is 8.56. The van der Waals surface area contributed by atoms with E-state index in [9.17, 15) is 0 Å². The summed E-state index contributed by atoms with van der Waals surface area (Å²) in [7, 11) is 0. The van der Waals surface area contributed by atoms with Crippen LogP contribution in [0.5, 0.6) is 0 Å². The first-order valence-electron chi connectivity index (χ1n) is 10.9. The lowest BCUT2D eigenvalue weighted by Crippen LogP contribution is -2.28. The first kappa shape index (κ1) is 18.6. The molecule has 0 atom stereocenters. The van der Waals surface area contributed by atoms with Gasteiger partial charge in [-0.2, -0.15) is 0 Å². The van der Waals surface area contributed by atoms with E-state index in [0.717, 1.165) is 55.4 Å². The number of aromatic nitrogens is 3. The molecule has 6 heteroatoms. The molecule has 1 N–H and O–H groups in total. The number of nitrogens with zero attached hydrogens (tertiary/aromatic N) is 3. The summed E-state index contributed by atoms with van der Waals surface area (Å²) in [5.74, 6) is 2.56. The first-order chi connectivity index (χ1) is 13.8. The zero-order valence-electron chi connectivity index (χ0n) is 16.4. The molecule has 3 aliphatic rings. The molecule has 1 aromatic heterocycles. The predicted molar refractivity (Wildman–Crippen MR) is 110 cm³/mol. The third-order valence-electron chi connectivity index (χ3n) is 6.61. The summed E-state index contributed by atoms with van der Waals surface area (Å²) < 4.78 is 8.71. The van der Waals surface area contributed by atoms with Crippen LogP contribution in [-0.2, 0) is 17.8 Å². The minimum Gasteiger partial charge on any atom is -0.375 e. The number of hydrogen-bond donors (Lipinski definition) is 1. The lowest BCUT2D eigenvalue weighted by atomic mass is 9.86. The van der Waals surface area contributed by atoms with Gasteiger partial charge in [-0.15, -0.1) is 10.2 Å². The van der Waals surface area contributed by atoms with E-state index in [0.29, 0.717) is 18.1 Å². The highest BCUT2D eigenvalue weighted by Crippen LogP contribution is 2.37. The van der Waals surface area contributed by atoms with Crippen molar-refractivity contribution < 1.29 is 4.74 Å². The Morgan fingerprint density at radius 1 is 0.929 bits per heavy atom. The van der Waals surface area contributed by atoms with Crippen LogP contribution in [0.15, 0.2) is 18.2 Å². The van der Waals surface area contributed by atoms with E-state index in [-0.39, 0.29) is 0 Å². The highest BCUT2D eigenvalue weighted by Gasteiger charge is 2.30. The topological polar surface area (TPSA) is 52.0 Å². The molecule has 1 aromatic carbocycles. The molecular formula is C22H29ClN4O. The van der Waals surface area contributed by atoms with Crippen LogP contribution in [0, 0.1) is 0 Å². The van der Waals surface area contributed by atoms with Crippen molar-refractivity contribution in [2.24, 2.45) is 0 Å². The maximum absolute atomic E-state index is 6.43. The van der Waals surface area contributed by atoms with Crippen molar-refractivity contribution in [1.82, 2.24) is 20.1 Å². The van der Waals surface area contributed by atoms with Gasteiger partial charge in [0.1, 0.15) is 5.82 Å². The zero-order chi connectivity index (χ0) is 18.9. The molecule has 5 nitrogen and oxygen atoms in total. The summed E-state index contributed by atoms with van der Waals surface area (Å²) in [5, 5.41) is 13.4. The Hall–Kier alpha value is -1.43. The van der Waals surface area contributed by atoms with Crippen molar-refractivity contribution in [3.8, 4) is 5.69 Å². The Morgan fingerprint density at radius 2 is 1.71 bits per heavy atom. The third-order valence-corrected chi connectivity index (χ3v) is 6.85. The monoisotopic (exact) mass is 400 g/mol. The van der Waals surface area contributed by atoms with Crippen LogP contribution in [0.2, 0.25) is 5.02 Å². The van der Waals surface area contributed by atoms with Crippen LogP contribution in [0.4, 0.5) is 0 Å². The molecule has 0 saturated heterocycles. The number of rotatable bonds is 3. The Kier molecular flexibility index (Phi) is 5.40. The molecule has 28 heavy (non-hydrogen) atoms. The first-order valence-corrected chi connectivity index (χ1v) is 11.2. The average molecular weight is 401 g/mol. The largest absolute Gasteiger partial charge is 0.375 e. The number of hydrogen-bond acceptors (Lipinski definition) is 4. The minimum atomic E-state index is 0.429. The van der Waals surface area contributed by atoms with Crippen LogP contribution in [-0.4, -0.2) is 27.0 Å². The van der Waals surface area contributed by atoms with Gasteiger partial charge < -0.3 is 10.1 Å². The summed E-state index contributed by atoms with van der Waals surface area (Å²) in [5.41, 5.74) is 2.38.